The molecule has 0 aliphatic carbocycles. The van der Waals surface area contributed by atoms with E-state index in [1.165, 1.54) is 5.56 Å². The van der Waals surface area contributed by atoms with E-state index in [2.05, 4.69) is 25.2 Å². The highest BCUT2D eigenvalue weighted by Gasteiger charge is 2.30. The van der Waals surface area contributed by atoms with Crippen LogP contribution in [0.2, 0.25) is 5.02 Å². The highest BCUT2D eigenvalue weighted by molar-refractivity contribution is 6.30. The van der Waals surface area contributed by atoms with Gasteiger partial charge in [0.05, 0.1) is 6.61 Å². The molecule has 0 radical (unpaired) electrons. The van der Waals surface area contributed by atoms with E-state index in [0.29, 0.717) is 0 Å². The van der Waals surface area contributed by atoms with Crippen molar-refractivity contribution in [3.8, 4) is 0 Å². The first-order chi connectivity index (χ1) is 7.05. The molecule has 0 saturated carbocycles. The fraction of sp³-hybridized carbons (Fsp3) is 0.500. The predicted octanol–water partition coefficient (Wildman–Crippen LogP) is 2.61. The van der Waals surface area contributed by atoms with Crippen molar-refractivity contribution in [2.24, 2.45) is 0 Å². The van der Waals surface area contributed by atoms with Crippen molar-refractivity contribution in [2.45, 2.75) is 32.0 Å². The van der Waals surface area contributed by atoms with Gasteiger partial charge in [-0.2, -0.15) is 0 Å². The second-order valence-corrected chi connectivity index (χ2v) is 5.10. The van der Waals surface area contributed by atoms with Crippen LogP contribution in [0.25, 0.3) is 0 Å². The fourth-order valence-corrected chi connectivity index (χ4v) is 2.03. The maximum Gasteiger partial charge on any atom is 0.112 e. The zero-order chi connectivity index (χ0) is 10.9. The number of benzene rings is 1. The third-order valence-electron chi connectivity index (χ3n) is 2.51. The minimum absolute atomic E-state index is 0.0865. The Balaban J connectivity index is 1.99. The normalized spacial score (nSPS) is 24.3. The smallest absolute Gasteiger partial charge is 0.112 e. The lowest BCUT2D eigenvalue weighted by atomic mass is 10.1. The Labute approximate surface area is 95.6 Å². The summed E-state index contributed by atoms with van der Waals surface area (Å²) >= 11 is 5.93. The van der Waals surface area contributed by atoms with E-state index in [1.54, 1.807) is 0 Å². The van der Waals surface area contributed by atoms with Crippen LogP contribution in [0.3, 0.4) is 0 Å². The molecule has 1 heterocycles. The molecular weight excluding hydrogens is 210 g/mol. The Bertz CT molecular complexity index is 351. The van der Waals surface area contributed by atoms with Crippen LogP contribution in [0.1, 0.15) is 19.4 Å². The minimum atomic E-state index is 0.0865. The first-order valence-electron chi connectivity index (χ1n) is 5.19. The maximum atomic E-state index is 5.93. The average molecular weight is 226 g/mol. The molecule has 1 N–H and O–H groups in total. The topological polar surface area (TPSA) is 21.3 Å². The monoisotopic (exact) mass is 225 g/mol. The van der Waals surface area contributed by atoms with Crippen molar-refractivity contribution in [3.63, 3.8) is 0 Å². The molecule has 0 amide bonds. The number of hydrogen-bond donors (Lipinski definition) is 1. The number of rotatable bonds is 2. The molecule has 0 spiro atoms. The van der Waals surface area contributed by atoms with Crippen LogP contribution >= 0.6 is 11.6 Å². The van der Waals surface area contributed by atoms with Gasteiger partial charge in [-0.3, -0.25) is 5.32 Å². The van der Waals surface area contributed by atoms with Gasteiger partial charge >= 0.3 is 0 Å². The fourth-order valence-electron chi connectivity index (χ4n) is 1.82. The summed E-state index contributed by atoms with van der Waals surface area (Å²) < 4.78 is 5.66. The van der Waals surface area contributed by atoms with Crippen molar-refractivity contribution < 1.29 is 4.74 Å². The van der Waals surface area contributed by atoms with E-state index in [0.717, 1.165) is 18.1 Å². The summed E-state index contributed by atoms with van der Waals surface area (Å²) in [5.41, 5.74) is 1.29. The van der Waals surface area contributed by atoms with Crippen LogP contribution < -0.4 is 5.32 Å². The number of halogens is 1. The van der Waals surface area contributed by atoms with Crippen LogP contribution in [0, 0.1) is 0 Å². The Morgan fingerprint density at radius 1 is 1.53 bits per heavy atom. The van der Waals surface area contributed by atoms with Gasteiger partial charge in [-0.05, 0) is 31.5 Å². The molecule has 15 heavy (non-hydrogen) atoms. The molecule has 0 aromatic heterocycles. The van der Waals surface area contributed by atoms with Crippen LogP contribution in [-0.4, -0.2) is 18.4 Å². The number of hydrogen-bond acceptors (Lipinski definition) is 2. The molecule has 3 heteroatoms. The summed E-state index contributed by atoms with van der Waals surface area (Å²) in [6, 6.07) is 7.91. The molecular formula is C12H16ClNO. The molecule has 1 atom stereocenters. The molecule has 1 aromatic rings. The average Bonchev–Trinajstić information content (AvgIpc) is 2.45. The molecule has 1 unspecified atom stereocenters. The standard InChI is InChI=1S/C12H16ClNO/c1-12(2)8-15-11(14-12)7-9-4-3-5-10(13)6-9/h3-6,11,14H,7-8H2,1-2H3. The Kier molecular flexibility index (Phi) is 3.01. The predicted molar refractivity (Wildman–Crippen MR) is 62.1 cm³/mol. The van der Waals surface area contributed by atoms with E-state index in [-0.39, 0.29) is 11.8 Å². The second kappa shape index (κ2) is 4.12. The van der Waals surface area contributed by atoms with Gasteiger partial charge in [-0.1, -0.05) is 23.7 Å². The SMILES string of the molecule is CC1(C)COC(Cc2cccc(Cl)c2)N1. The summed E-state index contributed by atoms with van der Waals surface area (Å²) in [6.45, 7) is 5.05. The van der Waals surface area contributed by atoms with Crippen molar-refractivity contribution in [1.82, 2.24) is 5.32 Å². The van der Waals surface area contributed by atoms with Gasteiger partial charge in [-0.25, -0.2) is 0 Å². The van der Waals surface area contributed by atoms with Crippen molar-refractivity contribution in [2.75, 3.05) is 6.61 Å². The second-order valence-electron chi connectivity index (χ2n) is 4.66. The van der Waals surface area contributed by atoms with E-state index < -0.39 is 0 Å². The van der Waals surface area contributed by atoms with E-state index >= 15 is 0 Å². The molecule has 1 aromatic carbocycles. The molecule has 0 bridgehead atoms. The summed E-state index contributed by atoms with van der Waals surface area (Å²) in [7, 11) is 0. The quantitative estimate of drug-likeness (QED) is 0.836. The van der Waals surface area contributed by atoms with Crippen LogP contribution in [0.5, 0.6) is 0 Å². The highest BCUT2D eigenvalue weighted by Crippen LogP contribution is 2.18. The van der Waals surface area contributed by atoms with Crippen LogP contribution in [0.15, 0.2) is 24.3 Å². The van der Waals surface area contributed by atoms with Gasteiger partial charge in [0.1, 0.15) is 6.23 Å². The number of nitrogens with one attached hydrogen (secondary N) is 1. The maximum absolute atomic E-state index is 5.93. The van der Waals surface area contributed by atoms with Crippen molar-refractivity contribution >= 4 is 11.6 Å². The summed E-state index contributed by atoms with van der Waals surface area (Å²) in [5, 5.41) is 4.22. The highest BCUT2D eigenvalue weighted by atomic mass is 35.5. The molecule has 1 saturated heterocycles. The third-order valence-corrected chi connectivity index (χ3v) is 2.74. The summed E-state index contributed by atoms with van der Waals surface area (Å²) in [6.07, 6.45) is 0.975. The van der Waals surface area contributed by atoms with E-state index in [4.69, 9.17) is 16.3 Å². The van der Waals surface area contributed by atoms with E-state index in [9.17, 15) is 0 Å². The molecule has 2 rings (SSSR count). The largest absolute Gasteiger partial charge is 0.361 e. The first kappa shape index (κ1) is 10.9. The van der Waals surface area contributed by atoms with Crippen LogP contribution in [0.4, 0.5) is 0 Å². The summed E-state index contributed by atoms with van der Waals surface area (Å²) in [4.78, 5) is 0. The van der Waals surface area contributed by atoms with Crippen LogP contribution in [-0.2, 0) is 11.2 Å². The van der Waals surface area contributed by atoms with Crippen molar-refractivity contribution in [3.05, 3.63) is 34.9 Å². The van der Waals surface area contributed by atoms with Gasteiger partial charge in [0.15, 0.2) is 0 Å². The Morgan fingerprint density at radius 2 is 2.33 bits per heavy atom. The van der Waals surface area contributed by atoms with Gasteiger partial charge < -0.3 is 4.74 Å². The Hall–Kier alpha value is -0.570. The lowest BCUT2D eigenvalue weighted by Crippen LogP contribution is -2.39. The van der Waals surface area contributed by atoms with Gasteiger partial charge in [0.25, 0.3) is 0 Å². The zero-order valence-corrected chi connectivity index (χ0v) is 9.84. The molecule has 1 fully saturated rings. The lowest BCUT2D eigenvalue weighted by Gasteiger charge is -2.17. The third kappa shape index (κ3) is 2.94. The van der Waals surface area contributed by atoms with Crippen molar-refractivity contribution in [1.29, 1.82) is 0 Å². The van der Waals surface area contributed by atoms with Gasteiger partial charge in [0, 0.05) is 17.0 Å². The molecule has 1 aliphatic heterocycles. The lowest BCUT2D eigenvalue weighted by molar-refractivity contribution is 0.0987. The minimum Gasteiger partial charge on any atom is -0.361 e. The van der Waals surface area contributed by atoms with E-state index in [1.807, 2.05) is 18.2 Å². The molecule has 1 aliphatic rings. The summed E-state index contributed by atoms with van der Waals surface area (Å²) in [5.74, 6) is 0. The zero-order valence-electron chi connectivity index (χ0n) is 9.09. The molecule has 82 valence electrons. The van der Waals surface area contributed by atoms with Gasteiger partial charge in [-0.15, -0.1) is 0 Å². The Morgan fingerprint density at radius 3 is 2.93 bits per heavy atom. The molecule has 2 nitrogen and oxygen atoms in total. The van der Waals surface area contributed by atoms with Gasteiger partial charge in [0.2, 0.25) is 0 Å². The number of ether oxygens (including phenoxy) is 1. The first-order valence-corrected chi connectivity index (χ1v) is 5.57.